The first kappa shape index (κ1) is 18.6. The molecule has 5 rings (SSSR count). The SMILES string of the molecule is O=C([C@@H]1CC[C@H](NC(=O)N2CCCC2c2ccc3c(c2)OCO3)C1)N1CCCC1. The summed E-state index contributed by atoms with van der Waals surface area (Å²) < 4.78 is 10.9. The first-order chi connectivity index (χ1) is 14.2. The fraction of sp³-hybridized carbons (Fsp3) is 0.636. The van der Waals surface area contributed by atoms with Crippen molar-refractivity contribution in [2.24, 2.45) is 5.92 Å². The molecule has 1 aliphatic carbocycles. The number of nitrogens with zero attached hydrogens (tertiary/aromatic N) is 2. The lowest BCUT2D eigenvalue weighted by atomic mass is 10.0. The van der Waals surface area contributed by atoms with Crippen LogP contribution in [0, 0.1) is 5.92 Å². The Morgan fingerprint density at radius 1 is 0.966 bits per heavy atom. The number of rotatable bonds is 3. The number of carbonyl (C=O) groups excluding carboxylic acids is 2. The number of fused-ring (bicyclic) bond motifs is 1. The van der Waals surface area contributed by atoms with Gasteiger partial charge in [-0.2, -0.15) is 0 Å². The maximum Gasteiger partial charge on any atom is 0.318 e. The molecule has 7 heteroatoms. The molecule has 7 nitrogen and oxygen atoms in total. The molecule has 0 bridgehead atoms. The van der Waals surface area contributed by atoms with Gasteiger partial charge in [0.15, 0.2) is 11.5 Å². The minimum Gasteiger partial charge on any atom is -0.454 e. The molecule has 1 aromatic rings. The molecule has 2 saturated heterocycles. The van der Waals surface area contributed by atoms with Crippen LogP contribution in [0.25, 0.3) is 0 Å². The van der Waals surface area contributed by atoms with Crippen molar-refractivity contribution < 1.29 is 19.1 Å². The number of hydrogen-bond acceptors (Lipinski definition) is 4. The number of amides is 3. The number of carbonyl (C=O) groups is 2. The average Bonchev–Trinajstić information content (AvgIpc) is 3.54. The van der Waals surface area contributed by atoms with E-state index in [0.29, 0.717) is 5.91 Å². The van der Waals surface area contributed by atoms with Crippen LogP contribution >= 0.6 is 0 Å². The molecule has 3 fully saturated rings. The van der Waals surface area contributed by atoms with Gasteiger partial charge in [0.1, 0.15) is 0 Å². The van der Waals surface area contributed by atoms with Crippen LogP contribution in [0.1, 0.15) is 56.6 Å². The second kappa shape index (κ2) is 7.76. The number of urea groups is 1. The third kappa shape index (κ3) is 3.63. The van der Waals surface area contributed by atoms with E-state index in [1.807, 2.05) is 28.0 Å². The van der Waals surface area contributed by atoms with Gasteiger partial charge in [-0.25, -0.2) is 4.79 Å². The van der Waals surface area contributed by atoms with Gasteiger partial charge in [-0.05, 0) is 62.6 Å². The smallest absolute Gasteiger partial charge is 0.318 e. The zero-order valence-electron chi connectivity index (χ0n) is 16.8. The summed E-state index contributed by atoms with van der Waals surface area (Å²) in [5.74, 6) is 1.89. The fourth-order valence-electron chi connectivity index (χ4n) is 5.27. The molecule has 0 aromatic heterocycles. The first-order valence-corrected chi connectivity index (χ1v) is 10.9. The highest BCUT2D eigenvalue weighted by molar-refractivity contribution is 5.80. The molecule has 1 saturated carbocycles. The number of likely N-dealkylation sites (tertiary alicyclic amines) is 2. The van der Waals surface area contributed by atoms with Gasteiger partial charge in [0.05, 0.1) is 6.04 Å². The van der Waals surface area contributed by atoms with Crippen LogP contribution in [0.2, 0.25) is 0 Å². The molecule has 1 N–H and O–H groups in total. The van der Waals surface area contributed by atoms with Crippen LogP contribution in [0.4, 0.5) is 4.79 Å². The predicted molar refractivity (Wildman–Crippen MR) is 107 cm³/mol. The third-order valence-corrected chi connectivity index (χ3v) is 6.82. The zero-order chi connectivity index (χ0) is 19.8. The summed E-state index contributed by atoms with van der Waals surface area (Å²) >= 11 is 0. The number of hydrogen-bond donors (Lipinski definition) is 1. The van der Waals surface area contributed by atoms with E-state index in [-0.39, 0.29) is 30.8 Å². The van der Waals surface area contributed by atoms with Crippen LogP contribution in [-0.2, 0) is 4.79 Å². The standard InChI is InChI=1S/C22H29N3O4/c26-21(24-9-1-2-10-24)16-5-7-17(12-16)23-22(27)25-11-3-4-18(25)15-6-8-19-20(13-15)29-14-28-19/h6,8,13,16-18H,1-5,7,9-12,14H2,(H,23,27)/t16-,17+,18?/m1/s1. The second-order valence-electron chi connectivity index (χ2n) is 8.65. The van der Waals surface area contributed by atoms with Gasteiger partial charge >= 0.3 is 6.03 Å². The van der Waals surface area contributed by atoms with Crippen molar-refractivity contribution in [1.29, 1.82) is 0 Å². The Morgan fingerprint density at radius 2 is 1.79 bits per heavy atom. The van der Waals surface area contributed by atoms with Gasteiger partial charge in [0, 0.05) is 31.6 Å². The third-order valence-electron chi connectivity index (χ3n) is 6.82. The van der Waals surface area contributed by atoms with Crippen molar-refractivity contribution in [3.8, 4) is 11.5 Å². The fourth-order valence-corrected chi connectivity index (χ4v) is 5.27. The van der Waals surface area contributed by atoms with Gasteiger partial charge in [-0.1, -0.05) is 6.07 Å². The van der Waals surface area contributed by atoms with Crippen LogP contribution in [0.15, 0.2) is 18.2 Å². The summed E-state index contributed by atoms with van der Waals surface area (Å²) in [5.41, 5.74) is 1.09. The molecule has 0 spiro atoms. The molecule has 3 atom stereocenters. The monoisotopic (exact) mass is 399 g/mol. The molecule has 3 heterocycles. The number of ether oxygens (including phenoxy) is 2. The van der Waals surface area contributed by atoms with Gasteiger partial charge in [0.2, 0.25) is 12.7 Å². The van der Waals surface area contributed by atoms with Gasteiger partial charge in [-0.3, -0.25) is 4.79 Å². The molecular weight excluding hydrogens is 370 g/mol. The van der Waals surface area contributed by atoms with E-state index >= 15 is 0 Å². The summed E-state index contributed by atoms with van der Waals surface area (Å²) in [6.07, 6.45) is 6.72. The molecule has 3 aliphatic heterocycles. The second-order valence-corrected chi connectivity index (χ2v) is 8.65. The van der Waals surface area contributed by atoms with Crippen molar-refractivity contribution in [3.05, 3.63) is 23.8 Å². The minimum atomic E-state index is -0.00978. The lowest BCUT2D eigenvalue weighted by molar-refractivity contribution is -0.134. The summed E-state index contributed by atoms with van der Waals surface area (Å²) in [5, 5.41) is 3.21. The minimum absolute atomic E-state index is 0.00978. The van der Waals surface area contributed by atoms with E-state index in [4.69, 9.17) is 9.47 Å². The van der Waals surface area contributed by atoms with Crippen LogP contribution in [0.5, 0.6) is 11.5 Å². The largest absolute Gasteiger partial charge is 0.454 e. The highest BCUT2D eigenvalue weighted by atomic mass is 16.7. The van der Waals surface area contributed by atoms with Crippen molar-refractivity contribution in [1.82, 2.24) is 15.1 Å². The van der Waals surface area contributed by atoms with Crippen LogP contribution in [-0.4, -0.2) is 54.2 Å². The Labute approximate surface area is 171 Å². The summed E-state index contributed by atoms with van der Waals surface area (Å²) in [6.45, 7) is 2.81. The molecule has 3 amide bonds. The summed E-state index contributed by atoms with van der Waals surface area (Å²) in [4.78, 5) is 29.6. The van der Waals surface area contributed by atoms with E-state index < -0.39 is 0 Å². The first-order valence-electron chi connectivity index (χ1n) is 10.9. The van der Waals surface area contributed by atoms with E-state index in [9.17, 15) is 9.59 Å². The Kier molecular flexibility index (Phi) is 4.97. The lowest BCUT2D eigenvalue weighted by Gasteiger charge is -2.27. The maximum absolute atomic E-state index is 13.0. The molecule has 4 aliphatic rings. The van der Waals surface area contributed by atoms with Crippen molar-refractivity contribution >= 4 is 11.9 Å². The summed E-state index contributed by atoms with van der Waals surface area (Å²) in [6, 6.07) is 6.11. The number of benzene rings is 1. The average molecular weight is 399 g/mol. The normalized spacial score (nSPS) is 28.2. The van der Waals surface area contributed by atoms with E-state index in [1.165, 1.54) is 0 Å². The van der Waals surface area contributed by atoms with Crippen molar-refractivity contribution in [2.45, 2.75) is 57.0 Å². The highest BCUT2D eigenvalue weighted by Crippen LogP contribution is 2.39. The van der Waals surface area contributed by atoms with E-state index in [1.54, 1.807) is 0 Å². The Morgan fingerprint density at radius 3 is 2.66 bits per heavy atom. The van der Waals surface area contributed by atoms with Crippen LogP contribution < -0.4 is 14.8 Å². The zero-order valence-corrected chi connectivity index (χ0v) is 16.8. The lowest BCUT2D eigenvalue weighted by Crippen LogP contribution is -2.44. The maximum atomic E-state index is 13.0. The van der Waals surface area contributed by atoms with Crippen molar-refractivity contribution in [3.63, 3.8) is 0 Å². The summed E-state index contributed by atoms with van der Waals surface area (Å²) in [7, 11) is 0. The molecule has 1 unspecified atom stereocenters. The topological polar surface area (TPSA) is 71.1 Å². The van der Waals surface area contributed by atoms with E-state index in [2.05, 4.69) is 5.32 Å². The van der Waals surface area contributed by atoms with Gasteiger partial charge in [-0.15, -0.1) is 0 Å². The van der Waals surface area contributed by atoms with Gasteiger partial charge < -0.3 is 24.6 Å². The quantitative estimate of drug-likeness (QED) is 0.848. The molecule has 29 heavy (non-hydrogen) atoms. The van der Waals surface area contributed by atoms with Crippen LogP contribution in [0.3, 0.4) is 0 Å². The molecule has 156 valence electrons. The molecule has 1 aromatic carbocycles. The molecular formula is C22H29N3O4. The van der Waals surface area contributed by atoms with Gasteiger partial charge in [0.25, 0.3) is 0 Å². The van der Waals surface area contributed by atoms with Crippen molar-refractivity contribution in [2.75, 3.05) is 26.4 Å². The highest BCUT2D eigenvalue weighted by Gasteiger charge is 2.36. The van der Waals surface area contributed by atoms with E-state index in [0.717, 1.165) is 81.6 Å². The molecule has 0 radical (unpaired) electrons. The number of nitrogens with one attached hydrogen (secondary N) is 1. The predicted octanol–water partition coefficient (Wildman–Crippen LogP) is 3.05. The Bertz CT molecular complexity index is 792. The Balaban J connectivity index is 1.20. The Hall–Kier alpha value is -2.44.